The zero-order valence-electron chi connectivity index (χ0n) is 5.79. The number of carbonyl (C=O) groups excluding carboxylic acids is 1. The molecule has 0 heterocycles. The second-order valence-electron chi connectivity index (χ2n) is 1.40. The smallest absolute Gasteiger partial charge is 0.363 e. The van der Waals surface area contributed by atoms with Crippen LogP contribution in [0.4, 0.5) is 0 Å². The Morgan fingerprint density at radius 2 is 2.00 bits per heavy atom. The van der Waals surface area contributed by atoms with Gasteiger partial charge >= 0.3 is 11.9 Å². The number of carboxylic acid groups (broad SMARTS) is 1. The molecule has 0 aliphatic rings. The molecule has 0 saturated carbocycles. The van der Waals surface area contributed by atoms with E-state index < -0.39 is 17.7 Å². The minimum Gasteiger partial charge on any atom is -0.476 e. The predicted octanol–water partition coefficient (Wildman–Crippen LogP) is 0.0757. The van der Waals surface area contributed by atoms with Crippen LogP contribution in [0.2, 0.25) is 0 Å². The molecule has 6 heteroatoms. The zero-order chi connectivity index (χ0) is 8.15. The van der Waals surface area contributed by atoms with Gasteiger partial charge in [-0.2, -0.15) is 0 Å². The molecule has 64 valence electrons. The average Bonchev–Trinajstić information content (AvgIpc) is 1.87. The molecule has 0 spiro atoms. The van der Waals surface area contributed by atoms with Gasteiger partial charge < -0.3 is 9.84 Å². The summed E-state index contributed by atoms with van der Waals surface area (Å²) >= 11 is 0. The van der Waals surface area contributed by atoms with E-state index in [0.29, 0.717) is 0 Å². The van der Waals surface area contributed by atoms with E-state index >= 15 is 0 Å². The Bertz CT molecular complexity index is 179. The van der Waals surface area contributed by atoms with Crippen LogP contribution in [0.1, 0.15) is 6.92 Å². The summed E-state index contributed by atoms with van der Waals surface area (Å²) in [5, 5.41) is 14.6. The van der Waals surface area contributed by atoms with Crippen molar-refractivity contribution in [3.05, 3.63) is 0 Å². The van der Waals surface area contributed by atoms with Gasteiger partial charge in [0.1, 0.15) is 0 Å². The number of aliphatic carboxylic acids is 1. The van der Waals surface area contributed by atoms with E-state index in [9.17, 15) is 9.59 Å². The van der Waals surface area contributed by atoms with Crippen molar-refractivity contribution in [1.82, 2.24) is 0 Å². The monoisotopic (exact) mass is 181 g/mol. The van der Waals surface area contributed by atoms with Gasteiger partial charge in [0, 0.05) is 0 Å². The average molecular weight is 182 g/mol. The summed E-state index contributed by atoms with van der Waals surface area (Å²) in [5.74, 6) is -2.67. The highest BCUT2D eigenvalue weighted by Crippen LogP contribution is 1.81. The molecule has 2 N–H and O–H groups in total. The standard InChI is InChI=1S/C5H7NO4.ClH/c1-2-10-5(9)3(6)4(7)8;/h6H,2H2,1H3,(H,7,8);1H. The van der Waals surface area contributed by atoms with Crippen LogP contribution in [0.25, 0.3) is 0 Å². The Morgan fingerprint density at radius 3 is 2.27 bits per heavy atom. The van der Waals surface area contributed by atoms with E-state index in [4.69, 9.17) is 10.5 Å². The van der Waals surface area contributed by atoms with Crippen LogP contribution in [0.15, 0.2) is 0 Å². The van der Waals surface area contributed by atoms with Crippen molar-refractivity contribution < 1.29 is 19.4 Å². The van der Waals surface area contributed by atoms with Crippen molar-refractivity contribution in [2.24, 2.45) is 0 Å². The summed E-state index contributed by atoms with van der Waals surface area (Å²) in [5.41, 5.74) is -1.04. The lowest BCUT2D eigenvalue weighted by molar-refractivity contribution is -0.138. The van der Waals surface area contributed by atoms with Crippen molar-refractivity contribution in [2.45, 2.75) is 6.92 Å². The SMILES string of the molecule is CCOC(=O)C(=N)C(=O)O.Cl. The van der Waals surface area contributed by atoms with Gasteiger partial charge in [0.2, 0.25) is 5.71 Å². The van der Waals surface area contributed by atoms with Gasteiger partial charge in [-0.15, -0.1) is 12.4 Å². The van der Waals surface area contributed by atoms with Gasteiger partial charge in [-0.05, 0) is 6.92 Å². The summed E-state index contributed by atoms with van der Waals surface area (Å²) in [7, 11) is 0. The number of nitrogens with one attached hydrogen (secondary N) is 1. The fraction of sp³-hybridized carbons (Fsp3) is 0.400. The number of halogens is 1. The fourth-order valence-electron chi connectivity index (χ4n) is 0.291. The zero-order valence-corrected chi connectivity index (χ0v) is 6.60. The van der Waals surface area contributed by atoms with E-state index in [0.717, 1.165) is 0 Å². The van der Waals surface area contributed by atoms with Gasteiger partial charge in [0.25, 0.3) is 0 Å². The normalized spacial score (nSPS) is 7.73. The van der Waals surface area contributed by atoms with E-state index in [1.165, 1.54) is 6.92 Å². The third-order valence-corrected chi connectivity index (χ3v) is 0.693. The molecule has 0 aromatic heterocycles. The molecule has 11 heavy (non-hydrogen) atoms. The third-order valence-electron chi connectivity index (χ3n) is 0.693. The predicted molar refractivity (Wildman–Crippen MR) is 39.2 cm³/mol. The first-order valence-electron chi connectivity index (χ1n) is 2.58. The number of hydrogen-bond donors (Lipinski definition) is 2. The maximum atomic E-state index is 10.4. The number of rotatable bonds is 3. The lowest BCUT2D eigenvalue weighted by Crippen LogP contribution is -2.24. The van der Waals surface area contributed by atoms with Crippen LogP contribution >= 0.6 is 12.4 Å². The number of ether oxygens (including phenoxy) is 1. The van der Waals surface area contributed by atoms with Crippen molar-refractivity contribution in [3.63, 3.8) is 0 Å². The number of hydrogen-bond acceptors (Lipinski definition) is 4. The Hall–Kier alpha value is -1.10. The first kappa shape index (κ1) is 12.6. The summed E-state index contributed by atoms with van der Waals surface area (Å²) in [6, 6.07) is 0. The maximum Gasteiger partial charge on any atom is 0.363 e. The highest BCUT2D eigenvalue weighted by Gasteiger charge is 2.17. The van der Waals surface area contributed by atoms with Crippen LogP contribution < -0.4 is 0 Å². The van der Waals surface area contributed by atoms with Gasteiger partial charge in [0.05, 0.1) is 6.61 Å². The largest absolute Gasteiger partial charge is 0.476 e. The second kappa shape index (κ2) is 5.67. The summed E-state index contributed by atoms with van der Waals surface area (Å²) in [4.78, 5) is 20.2. The van der Waals surface area contributed by atoms with Crippen LogP contribution in [0, 0.1) is 5.41 Å². The highest BCUT2D eigenvalue weighted by atomic mass is 35.5. The molecule has 0 rings (SSSR count). The Balaban J connectivity index is 0. The first-order valence-corrected chi connectivity index (χ1v) is 2.58. The molecule has 5 nitrogen and oxygen atoms in total. The third kappa shape index (κ3) is 4.32. The molecular formula is C5H8ClNO4. The molecule has 0 saturated heterocycles. The molecule has 0 aliphatic heterocycles. The van der Waals surface area contributed by atoms with Crippen molar-refractivity contribution in [3.8, 4) is 0 Å². The Morgan fingerprint density at radius 1 is 1.55 bits per heavy atom. The van der Waals surface area contributed by atoms with Crippen LogP contribution in [0.3, 0.4) is 0 Å². The van der Waals surface area contributed by atoms with Gasteiger partial charge in [0.15, 0.2) is 0 Å². The van der Waals surface area contributed by atoms with Crippen LogP contribution in [-0.2, 0) is 14.3 Å². The first-order chi connectivity index (χ1) is 4.59. The molecule has 0 bridgehead atoms. The molecule has 0 aromatic rings. The lowest BCUT2D eigenvalue weighted by Gasteiger charge is -1.96. The van der Waals surface area contributed by atoms with Crippen LogP contribution in [-0.4, -0.2) is 29.4 Å². The van der Waals surface area contributed by atoms with Gasteiger partial charge in [-0.3, -0.25) is 5.41 Å². The van der Waals surface area contributed by atoms with Crippen molar-refractivity contribution in [2.75, 3.05) is 6.61 Å². The fourth-order valence-corrected chi connectivity index (χ4v) is 0.291. The molecule has 0 aromatic carbocycles. The quantitative estimate of drug-likeness (QED) is 0.367. The van der Waals surface area contributed by atoms with E-state index in [1.54, 1.807) is 0 Å². The van der Waals surface area contributed by atoms with E-state index in [1.807, 2.05) is 0 Å². The molecule has 0 amide bonds. The van der Waals surface area contributed by atoms with E-state index in [-0.39, 0.29) is 19.0 Å². The van der Waals surface area contributed by atoms with Gasteiger partial charge in [-0.25, -0.2) is 9.59 Å². The molecular weight excluding hydrogens is 174 g/mol. The van der Waals surface area contributed by atoms with Crippen molar-refractivity contribution in [1.29, 1.82) is 5.41 Å². The molecule has 0 fully saturated rings. The minimum atomic E-state index is -1.57. The Labute approximate surface area is 69.3 Å². The summed E-state index contributed by atoms with van der Waals surface area (Å²) in [6.45, 7) is 1.61. The Kier molecular flexibility index (Phi) is 6.47. The molecule has 0 unspecified atom stereocenters. The molecule has 0 radical (unpaired) electrons. The highest BCUT2D eigenvalue weighted by molar-refractivity contribution is 6.61. The minimum absolute atomic E-state index is 0. The second-order valence-corrected chi connectivity index (χ2v) is 1.40. The number of carbonyl (C=O) groups is 2. The van der Waals surface area contributed by atoms with Crippen LogP contribution in [0.5, 0.6) is 0 Å². The molecule has 0 atom stereocenters. The van der Waals surface area contributed by atoms with Gasteiger partial charge in [-0.1, -0.05) is 0 Å². The summed E-state index contributed by atoms with van der Waals surface area (Å²) in [6.07, 6.45) is 0. The van der Waals surface area contributed by atoms with E-state index in [2.05, 4.69) is 4.74 Å². The van der Waals surface area contributed by atoms with Crippen molar-refractivity contribution >= 4 is 30.1 Å². The number of esters is 1. The molecule has 0 aliphatic carbocycles. The summed E-state index contributed by atoms with van der Waals surface area (Å²) < 4.78 is 4.22. The topological polar surface area (TPSA) is 87.5 Å². The maximum absolute atomic E-state index is 10.4. The lowest BCUT2D eigenvalue weighted by atomic mass is 10.4. The number of carboxylic acids is 1.